The van der Waals surface area contributed by atoms with Crippen LogP contribution in [0, 0.1) is 0 Å². The molecule has 3 aliphatic rings. The van der Waals surface area contributed by atoms with Gasteiger partial charge in [-0.25, -0.2) is 0 Å². The maximum Gasteiger partial charge on any atom is 0.247 e. The number of nitrogens with one attached hydrogen (secondary N) is 1. The summed E-state index contributed by atoms with van der Waals surface area (Å²) in [6.45, 7) is 2.57. The zero-order chi connectivity index (χ0) is 21.3. The fourth-order valence-corrected chi connectivity index (χ4v) is 6.05. The highest BCUT2D eigenvalue weighted by Gasteiger charge is 2.51. The van der Waals surface area contributed by atoms with E-state index in [0.29, 0.717) is 18.6 Å². The molecule has 2 aliphatic heterocycles. The van der Waals surface area contributed by atoms with E-state index in [1.165, 1.54) is 31.2 Å². The molecule has 2 aromatic rings. The molecular weight excluding hydrogens is 386 g/mol. The Morgan fingerprint density at radius 2 is 1.68 bits per heavy atom. The number of para-hydroxylation sites is 1. The topological polar surface area (TPSA) is 44.8 Å². The number of piperidine rings is 1. The highest BCUT2D eigenvalue weighted by Crippen LogP contribution is 2.41. The van der Waals surface area contributed by atoms with Gasteiger partial charge in [0.2, 0.25) is 5.91 Å². The van der Waals surface area contributed by atoms with Crippen LogP contribution >= 0.6 is 0 Å². The molecule has 1 aliphatic carbocycles. The van der Waals surface area contributed by atoms with Gasteiger partial charge in [0.25, 0.3) is 0 Å². The number of ether oxygens (including phenoxy) is 1. The summed E-state index contributed by atoms with van der Waals surface area (Å²) in [5.74, 6) is 1.69. The number of amides is 1. The maximum absolute atomic E-state index is 13.0. The Labute approximate surface area is 185 Å². The number of rotatable bonds is 4. The summed E-state index contributed by atoms with van der Waals surface area (Å²) in [7, 11) is 1.72. The molecule has 2 heterocycles. The molecule has 3 fully saturated rings. The molecule has 5 heteroatoms. The van der Waals surface area contributed by atoms with Crippen LogP contribution in [0.4, 0.5) is 5.69 Å². The van der Waals surface area contributed by atoms with E-state index in [9.17, 15) is 4.79 Å². The van der Waals surface area contributed by atoms with Gasteiger partial charge in [-0.05, 0) is 61.4 Å². The fraction of sp³-hybridized carbons (Fsp3) is 0.500. The molecule has 2 aromatic carbocycles. The van der Waals surface area contributed by atoms with E-state index in [4.69, 9.17) is 4.74 Å². The van der Waals surface area contributed by atoms with Crippen LogP contribution in [-0.4, -0.2) is 49.3 Å². The Morgan fingerprint density at radius 3 is 2.39 bits per heavy atom. The lowest BCUT2D eigenvalue weighted by Gasteiger charge is -2.48. The summed E-state index contributed by atoms with van der Waals surface area (Å²) in [5, 5.41) is 3.13. The van der Waals surface area contributed by atoms with Gasteiger partial charge in [-0.1, -0.05) is 43.2 Å². The maximum atomic E-state index is 13.0. The normalized spacial score (nSPS) is 26.1. The third-order valence-electron chi connectivity index (χ3n) is 7.77. The highest BCUT2D eigenvalue weighted by atomic mass is 16.5. The molecule has 2 saturated heterocycles. The monoisotopic (exact) mass is 419 g/mol. The van der Waals surface area contributed by atoms with Crippen molar-refractivity contribution < 1.29 is 9.53 Å². The summed E-state index contributed by atoms with van der Waals surface area (Å²) in [6, 6.07) is 19.6. The van der Waals surface area contributed by atoms with Gasteiger partial charge in [-0.3, -0.25) is 9.69 Å². The third-order valence-corrected chi connectivity index (χ3v) is 7.77. The van der Waals surface area contributed by atoms with E-state index >= 15 is 0 Å². The average Bonchev–Trinajstić information content (AvgIpc) is 3.15. The van der Waals surface area contributed by atoms with Crippen molar-refractivity contribution in [1.82, 2.24) is 10.2 Å². The third kappa shape index (κ3) is 3.69. The SMILES string of the molecule is COc1ccc([C@@H]2CCCC[C@@H]2N2CCC3(CC2)C(=O)NCN3c2ccccc2)cc1. The molecule has 0 aromatic heterocycles. The molecule has 5 rings (SSSR count). The standard InChI is InChI=1S/C26H33N3O2/c1-31-22-13-11-20(12-14-22)23-9-5-6-10-24(23)28-17-15-26(16-18-28)25(30)27-19-29(26)21-7-3-2-4-8-21/h2-4,7-8,11-14,23-24H,5-6,9-10,15-19H2,1H3,(H,27,30)/t23-,24-/m0/s1. The zero-order valence-corrected chi connectivity index (χ0v) is 18.4. The van der Waals surface area contributed by atoms with Crippen molar-refractivity contribution >= 4 is 11.6 Å². The number of methoxy groups -OCH3 is 1. The number of nitrogens with zero attached hydrogens (tertiary/aromatic N) is 2. The minimum absolute atomic E-state index is 0.200. The quantitative estimate of drug-likeness (QED) is 0.809. The molecule has 31 heavy (non-hydrogen) atoms. The molecule has 0 radical (unpaired) electrons. The first-order chi connectivity index (χ1) is 15.2. The van der Waals surface area contributed by atoms with Gasteiger partial charge < -0.3 is 15.0 Å². The molecule has 2 atom stereocenters. The minimum atomic E-state index is -0.401. The number of anilines is 1. The first kappa shape index (κ1) is 20.4. The first-order valence-electron chi connectivity index (χ1n) is 11.7. The van der Waals surface area contributed by atoms with Gasteiger partial charge >= 0.3 is 0 Å². The van der Waals surface area contributed by atoms with E-state index in [-0.39, 0.29) is 5.91 Å². The second-order valence-electron chi connectivity index (χ2n) is 9.23. The molecule has 0 unspecified atom stereocenters. The van der Waals surface area contributed by atoms with Crippen molar-refractivity contribution in [3.05, 3.63) is 60.2 Å². The molecule has 0 bridgehead atoms. The van der Waals surface area contributed by atoms with Crippen LogP contribution in [0.25, 0.3) is 0 Å². The van der Waals surface area contributed by atoms with Gasteiger partial charge in [0.15, 0.2) is 0 Å². The zero-order valence-electron chi connectivity index (χ0n) is 18.4. The Kier molecular flexibility index (Phi) is 5.61. The summed E-state index contributed by atoms with van der Waals surface area (Å²) in [6.07, 6.45) is 6.87. The Bertz CT molecular complexity index is 891. The van der Waals surface area contributed by atoms with E-state index in [2.05, 4.69) is 63.6 Å². The number of hydrogen-bond acceptors (Lipinski definition) is 4. The second kappa shape index (κ2) is 8.54. The van der Waals surface area contributed by atoms with E-state index in [1.807, 2.05) is 6.07 Å². The average molecular weight is 420 g/mol. The van der Waals surface area contributed by atoms with Crippen LogP contribution in [0.15, 0.2) is 54.6 Å². The van der Waals surface area contributed by atoms with Crippen molar-refractivity contribution in [3.63, 3.8) is 0 Å². The highest BCUT2D eigenvalue weighted by molar-refractivity contribution is 5.93. The lowest BCUT2D eigenvalue weighted by molar-refractivity contribution is -0.125. The first-order valence-corrected chi connectivity index (χ1v) is 11.7. The summed E-state index contributed by atoms with van der Waals surface area (Å²) >= 11 is 0. The van der Waals surface area contributed by atoms with E-state index < -0.39 is 5.54 Å². The van der Waals surface area contributed by atoms with Crippen LogP contribution in [0.3, 0.4) is 0 Å². The molecule has 1 N–H and O–H groups in total. The molecule has 5 nitrogen and oxygen atoms in total. The van der Waals surface area contributed by atoms with Crippen LogP contribution < -0.4 is 15.0 Å². The van der Waals surface area contributed by atoms with Gasteiger partial charge in [-0.2, -0.15) is 0 Å². The number of likely N-dealkylation sites (tertiary alicyclic amines) is 1. The lowest BCUT2D eigenvalue weighted by atomic mass is 9.77. The number of hydrogen-bond donors (Lipinski definition) is 1. The van der Waals surface area contributed by atoms with E-state index in [0.717, 1.165) is 37.4 Å². The van der Waals surface area contributed by atoms with Crippen LogP contribution in [0.5, 0.6) is 5.75 Å². The van der Waals surface area contributed by atoms with Gasteiger partial charge in [0, 0.05) is 24.8 Å². The fourth-order valence-electron chi connectivity index (χ4n) is 6.05. The summed E-state index contributed by atoms with van der Waals surface area (Å²) in [5.41, 5.74) is 2.17. The summed E-state index contributed by atoms with van der Waals surface area (Å²) < 4.78 is 5.36. The van der Waals surface area contributed by atoms with Gasteiger partial charge in [0.05, 0.1) is 13.8 Å². The largest absolute Gasteiger partial charge is 0.497 e. The smallest absolute Gasteiger partial charge is 0.247 e. The van der Waals surface area contributed by atoms with E-state index in [1.54, 1.807) is 7.11 Å². The van der Waals surface area contributed by atoms with Gasteiger partial charge in [-0.15, -0.1) is 0 Å². The number of carbonyl (C=O) groups excluding carboxylic acids is 1. The molecule has 1 saturated carbocycles. The summed E-state index contributed by atoms with van der Waals surface area (Å²) in [4.78, 5) is 18.0. The Morgan fingerprint density at radius 1 is 0.968 bits per heavy atom. The number of carbonyl (C=O) groups is 1. The molecule has 1 spiro atoms. The van der Waals surface area contributed by atoms with Crippen LogP contribution in [0.1, 0.15) is 50.0 Å². The predicted octanol–water partition coefficient (Wildman–Crippen LogP) is 4.15. The van der Waals surface area contributed by atoms with Crippen molar-refractivity contribution in [2.24, 2.45) is 0 Å². The van der Waals surface area contributed by atoms with Crippen molar-refractivity contribution in [2.45, 2.75) is 56.0 Å². The van der Waals surface area contributed by atoms with Crippen LogP contribution in [-0.2, 0) is 4.79 Å². The molecule has 164 valence electrons. The van der Waals surface area contributed by atoms with Gasteiger partial charge in [0.1, 0.15) is 11.3 Å². The van der Waals surface area contributed by atoms with Crippen molar-refractivity contribution in [1.29, 1.82) is 0 Å². The molecular formula is C26H33N3O2. The Balaban J connectivity index is 1.33. The minimum Gasteiger partial charge on any atom is -0.497 e. The van der Waals surface area contributed by atoms with Crippen molar-refractivity contribution in [2.75, 3.05) is 31.8 Å². The number of benzene rings is 2. The van der Waals surface area contributed by atoms with Crippen LogP contribution in [0.2, 0.25) is 0 Å². The second-order valence-corrected chi connectivity index (χ2v) is 9.23. The predicted molar refractivity (Wildman–Crippen MR) is 123 cm³/mol. The van der Waals surface area contributed by atoms with Crippen molar-refractivity contribution in [3.8, 4) is 5.75 Å². The molecule has 1 amide bonds. The Hall–Kier alpha value is -2.53. The lowest BCUT2D eigenvalue weighted by Crippen LogP contribution is -2.58.